The average Bonchev–Trinajstić information content (AvgIpc) is 2.54. The van der Waals surface area contributed by atoms with E-state index in [9.17, 15) is 4.79 Å². The molecule has 0 aromatic heterocycles. The van der Waals surface area contributed by atoms with Gasteiger partial charge in [-0.15, -0.1) is 0 Å². The maximum atomic E-state index is 12.9. The number of likely N-dealkylation sites (tertiary alicyclic amines) is 2. The molecule has 3 rings (SSSR count). The zero-order valence-electron chi connectivity index (χ0n) is 14.8. The molecule has 2 heterocycles. The highest BCUT2D eigenvalue weighted by Crippen LogP contribution is 2.28. The number of aryl methyl sites for hydroxylation is 1. The van der Waals surface area contributed by atoms with Crippen LogP contribution in [0.1, 0.15) is 42.1 Å². The topological polar surface area (TPSA) is 58.8 Å². The summed E-state index contributed by atoms with van der Waals surface area (Å²) in [6.45, 7) is 8.00. The first kappa shape index (κ1) is 17.2. The molecular formula is C19H29N3O2. The van der Waals surface area contributed by atoms with Crippen molar-refractivity contribution in [2.45, 2.75) is 45.2 Å². The summed E-state index contributed by atoms with van der Waals surface area (Å²) in [6, 6.07) is 6.93. The SMILES string of the molecule is Cc1ccc(OCCN)c(C(=O)N2CC(N3CCCC[C@@H]3C)C2)c1. The number of benzene rings is 1. The highest BCUT2D eigenvalue weighted by Gasteiger charge is 2.38. The summed E-state index contributed by atoms with van der Waals surface area (Å²) >= 11 is 0. The van der Waals surface area contributed by atoms with Crippen LogP contribution in [0.15, 0.2) is 18.2 Å². The Balaban J connectivity index is 1.64. The number of hydrogen-bond acceptors (Lipinski definition) is 4. The van der Waals surface area contributed by atoms with Crippen LogP contribution in [0.2, 0.25) is 0 Å². The first-order chi connectivity index (χ1) is 11.6. The molecule has 0 aliphatic carbocycles. The van der Waals surface area contributed by atoms with E-state index in [4.69, 9.17) is 10.5 Å². The van der Waals surface area contributed by atoms with Crippen LogP contribution in [0, 0.1) is 6.92 Å². The van der Waals surface area contributed by atoms with Gasteiger partial charge in [0, 0.05) is 31.7 Å². The van der Waals surface area contributed by atoms with Crippen molar-refractivity contribution in [1.29, 1.82) is 0 Å². The maximum Gasteiger partial charge on any atom is 0.257 e. The van der Waals surface area contributed by atoms with E-state index in [1.54, 1.807) is 0 Å². The Bertz CT molecular complexity index is 584. The number of amides is 1. The number of nitrogens with two attached hydrogens (primary N) is 1. The highest BCUT2D eigenvalue weighted by atomic mass is 16.5. The molecule has 0 bridgehead atoms. The van der Waals surface area contributed by atoms with E-state index in [2.05, 4.69) is 11.8 Å². The van der Waals surface area contributed by atoms with Crippen LogP contribution in [-0.4, -0.2) is 60.6 Å². The predicted octanol–water partition coefficient (Wildman–Crippen LogP) is 2.03. The van der Waals surface area contributed by atoms with E-state index in [1.807, 2.05) is 30.0 Å². The quantitative estimate of drug-likeness (QED) is 0.897. The second-order valence-corrected chi connectivity index (χ2v) is 7.08. The second-order valence-electron chi connectivity index (χ2n) is 7.08. The normalized spacial score (nSPS) is 22.3. The van der Waals surface area contributed by atoms with E-state index in [0.29, 0.717) is 36.5 Å². The van der Waals surface area contributed by atoms with Crippen molar-refractivity contribution in [3.8, 4) is 5.75 Å². The Labute approximate surface area is 144 Å². The van der Waals surface area contributed by atoms with Gasteiger partial charge >= 0.3 is 0 Å². The molecule has 2 N–H and O–H groups in total. The lowest BCUT2D eigenvalue weighted by Crippen LogP contribution is -2.63. The summed E-state index contributed by atoms with van der Waals surface area (Å²) in [4.78, 5) is 17.4. The van der Waals surface area contributed by atoms with Crippen molar-refractivity contribution < 1.29 is 9.53 Å². The zero-order chi connectivity index (χ0) is 17.1. The van der Waals surface area contributed by atoms with Crippen LogP contribution in [0.5, 0.6) is 5.75 Å². The Hall–Kier alpha value is -1.59. The van der Waals surface area contributed by atoms with Gasteiger partial charge in [0.2, 0.25) is 0 Å². The molecule has 132 valence electrons. The molecule has 5 nitrogen and oxygen atoms in total. The van der Waals surface area contributed by atoms with E-state index < -0.39 is 0 Å². The summed E-state index contributed by atoms with van der Waals surface area (Å²) in [7, 11) is 0. The van der Waals surface area contributed by atoms with Crippen LogP contribution >= 0.6 is 0 Å². The lowest BCUT2D eigenvalue weighted by Gasteiger charge is -2.49. The van der Waals surface area contributed by atoms with Crippen LogP contribution in [0.25, 0.3) is 0 Å². The van der Waals surface area contributed by atoms with Gasteiger partial charge in [-0.3, -0.25) is 9.69 Å². The minimum atomic E-state index is 0.0756. The number of carbonyl (C=O) groups excluding carboxylic acids is 1. The lowest BCUT2D eigenvalue weighted by molar-refractivity contribution is 0.00194. The van der Waals surface area contributed by atoms with E-state index >= 15 is 0 Å². The first-order valence-corrected chi connectivity index (χ1v) is 9.08. The average molecular weight is 331 g/mol. The Kier molecular flexibility index (Phi) is 5.41. The third-order valence-corrected chi connectivity index (χ3v) is 5.21. The number of piperidine rings is 1. The van der Waals surface area contributed by atoms with Crippen molar-refractivity contribution in [3.05, 3.63) is 29.3 Å². The molecule has 24 heavy (non-hydrogen) atoms. The highest BCUT2D eigenvalue weighted by molar-refractivity contribution is 5.97. The summed E-state index contributed by atoms with van der Waals surface area (Å²) in [6.07, 6.45) is 3.89. The van der Waals surface area contributed by atoms with Gasteiger partial charge in [0.25, 0.3) is 5.91 Å². The van der Waals surface area contributed by atoms with Gasteiger partial charge in [0.05, 0.1) is 5.56 Å². The van der Waals surface area contributed by atoms with E-state index in [0.717, 1.165) is 18.7 Å². The number of ether oxygens (including phenoxy) is 1. The van der Waals surface area contributed by atoms with Crippen molar-refractivity contribution in [2.75, 3.05) is 32.8 Å². The number of carbonyl (C=O) groups is 1. The molecule has 2 fully saturated rings. The largest absolute Gasteiger partial charge is 0.491 e. The summed E-state index contributed by atoms with van der Waals surface area (Å²) < 4.78 is 5.66. The Morgan fingerprint density at radius 2 is 2.12 bits per heavy atom. The standard InChI is InChI=1S/C19H29N3O2/c1-14-6-7-18(24-10-8-20)17(11-14)19(23)21-12-16(13-21)22-9-4-3-5-15(22)2/h6-7,11,15-16H,3-5,8-10,12-13,20H2,1-2H3/t15-/m0/s1. The monoisotopic (exact) mass is 331 g/mol. The fourth-order valence-corrected chi connectivity index (χ4v) is 3.77. The molecule has 1 aromatic rings. The zero-order valence-corrected chi connectivity index (χ0v) is 14.8. The summed E-state index contributed by atoms with van der Waals surface area (Å²) in [5.41, 5.74) is 7.25. The van der Waals surface area contributed by atoms with Gasteiger partial charge in [-0.05, 0) is 45.4 Å². The van der Waals surface area contributed by atoms with Gasteiger partial charge in [-0.1, -0.05) is 18.1 Å². The molecule has 0 saturated carbocycles. The van der Waals surface area contributed by atoms with Crippen LogP contribution in [0.4, 0.5) is 0 Å². The van der Waals surface area contributed by atoms with Crippen LogP contribution in [0.3, 0.4) is 0 Å². The molecule has 0 spiro atoms. The molecule has 1 amide bonds. The Morgan fingerprint density at radius 3 is 2.83 bits per heavy atom. The number of rotatable bonds is 5. The van der Waals surface area contributed by atoms with Crippen molar-refractivity contribution in [2.24, 2.45) is 5.73 Å². The molecular weight excluding hydrogens is 302 g/mol. The number of hydrogen-bond donors (Lipinski definition) is 1. The van der Waals surface area contributed by atoms with Crippen LogP contribution < -0.4 is 10.5 Å². The molecule has 1 aromatic carbocycles. The van der Waals surface area contributed by atoms with Crippen molar-refractivity contribution in [1.82, 2.24) is 9.80 Å². The van der Waals surface area contributed by atoms with Gasteiger partial charge in [-0.2, -0.15) is 0 Å². The molecule has 0 unspecified atom stereocenters. The van der Waals surface area contributed by atoms with Gasteiger partial charge in [-0.25, -0.2) is 0 Å². The predicted molar refractivity (Wildman–Crippen MR) is 95.4 cm³/mol. The molecule has 0 radical (unpaired) electrons. The van der Waals surface area contributed by atoms with E-state index in [-0.39, 0.29) is 5.91 Å². The number of nitrogens with zero attached hydrogens (tertiary/aromatic N) is 2. The van der Waals surface area contributed by atoms with Gasteiger partial charge in [0.15, 0.2) is 0 Å². The van der Waals surface area contributed by atoms with Crippen molar-refractivity contribution >= 4 is 5.91 Å². The molecule has 2 aliphatic heterocycles. The van der Waals surface area contributed by atoms with E-state index in [1.165, 1.54) is 25.8 Å². The molecule has 2 aliphatic rings. The lowest BCUT2D eigenvalue weighted by atomic mass is 9.96. The van der Waals surface area contributed by atoms with Gasteiger partial charge < -0.3 is 15.4 Å². The smallest absolute Gasteiger partial charge is 0.257 e. The third-order valence-electron chi connectivity index (χ3n) is 5.21. The third kappa shape index (κ3) is 3.57. The second kappa shape index (κ2) is 7.53. The fraction of sp³-hybridized carbons (Fsp3) is 0.632. The molecule has 5 heteroatoms. The van der Waals surface area contributed by atoms with Crippen molar-refractivity contribution in [3.63, 3.8) is 0 Å². The summed E-state index contributed by atoms with van der Waals surface area (Å²) in [5, 5.41) is 0. The molecule has 2 saturated heterocycles. The first-order valence-electron chi connectivity index (χ1n) is 9.08. The maximum absolute atomic E-state index is 12.9. The van der Waals surface area contributed by atoms with Crippen LogP contribution in [-0.2, 0) is 0 Å². The fourth-order valence-electron chi connectivity index (χ4n) is 3.77. The van der Waals surface area contributed by atoms with Gasteiger partial charge in [0.1, 0.15) is 12.4 Å². The summed E-state index contributed by atoms with van der Waals surface area (Å²) in [5.74, 6) is 0.720. The minimum Gasteiger partial charge on any atom is -0.491 e. The minimum absolute atomic E-state index is 0.0756. The molecule has 1 atom stereocenters. The Morgan fingerprint density at radius 1 is 1.33 bits per heavy atom.